The van der Waals surface area contributed by atoms with Crippen molar-refractivity contribution in [3.63, 3.8) is 0 Å². The molecule has 0 amide bonds. The largest absolute Gasteiger partial charge is 0.457 e. The number of esters is 2. The van der Waals surface area contributed by atoms with E-state index in [1.807, 2.05) is 6.92 Å². The van der Waals surface area contributed by atoms with Crippen LogP contribution in [0, 0.1) is 0 Å². The van der Waals surface area contributed by atoms with Crippen molar-refractivity contribution in [1.82, 2.24) is 4.57 Å². The van der Waals surface area contributed by atoms with Gasteiger partial charge < -0.3 is 23.5 Å². The fraction of sp³-hybridized carbons (Fsp3) is 0.632. The Morgan fingerprint density at radius 2 is 2.00 bits per heavy atom. The van der Waals surface area contributed by atoms with Crippen molar-refractivity contribution >= 4 is 11.9 Å². The Kier molecular flexibility index (Phi) is 4.35. The monoisotopic (exact) mass is 377 g/mol. The number of aromatic nitrogens is 1. The predicted octanol–water partition coefficient (Wildman–Crippen LogP) is 1.46. The number of pyridine rings is 1. The molecule has 3 aliphatic heterocycles. The van der Waals surface area contributed by atoms with Crippen LogP contribution in [0.5, 0.6) is 0 Å². The van der Waals surface area contributed by atoms with E-state index in [0.717, 1.165) is 0 Å². The molecule has 0 bridgehead atoms. The number of rotatable bonds is 4. The van der Waals surface area contributed by atoms with Gasteiger partial charge >= 0.3 is 11.9 Å². The maximum atomic E-state index is 13.1. The minimum absolute atomic E-state index is 0.130. The van der Waals surface area contributed by atoms with Crippen molar-refractivity contribution in [3.8, 4) is 0 Å². The van der Waals surface area contributed by atoms with Crippen LogP contribution in [-0.2, 0) is 53.1 Å². The predicted molar refractivity (Wildman–Crippen MR) is 91.7 cm³/mol. The normalized spacial score (nSPS) is 25.2. The van der Waals surface area contributed by atoms with Gasteiger partial charge in [0.2, 0.25) is 11.4 Å². The van der Waals surface area contributed by atoms with E-state index >= 15 is 0 Å². The molecule has 1 saturated heterocycles. The molecule has 146 valence electrons. The Bertz CT molecular complexity index is 852. The summed E-state index contributed by atoms with van der Waals surface area (Å²) in [5.74, 6) is -2.11. The smallest absolute Gasteiger partial charge is 0.355 e. The molecule has 0 radical (unpaired) electrons. The Morgan fingerprint density at radius 1 is 1.26 bits per heavy atom. The molecule has 1 spiro atoms. The third-order valence-corrected chi connectivity index (χ3v) is 5.56. The Hall–Kier alpha value is -2.19. The van der Waals surface area contributed by atoms with Gasteiger partial charge in [-0.2, -0.15) is 0 Å². The molecule has 1 atom stereocenters. The standard InChI is InChI=1S/C19H23NO7/c1-3-5-15(21)27-18(4-2)13-10-14-19(25-8-9-26-19)6-7-20(14)16(22)12(13)11-24-17(18)23/h10H,3-9,11H2,1-2H3. The summed E-state index contributed by atoms with van der Waals surface area (Å²) in [5, 5.41) is 0. The molecule has 0 aliphatic carbocycles. The van der Waals surface area contributed by atoms with Crippen LogP contribution in [0.15, 0.2) is 10.9 Å². The average Bonchev–Trinajstić information content (AvgIpc) is 3.27. The molecule has 4 heterocycles. The van der Waals surface area contributed by atoms with E-state index in [9.17, 15) is 14.4 Å². The summed E-state index contributed by atoms with van der Waals surface area (Å²) in [4.78, 5) is 38.0. The first-order valence-corrected chi connectivity index (χ1v) is 9.42. The van der Waals surface area contributed by atoms with Gasteiger partial charge in [0.1, 0.15) is 6.61 Å². The fourth-order valence-electron chi connectivity index (χ4n) is 4.18. The van der Waals surface area contributed by atoms with Crippen molar-refractivity contribution in [3.05, 3.63) is 33.2 Å². The second-order valence-electron chi connectivity index (χ2n) is 7.06. The van der Waals surface area contributed by atoms with E-state index in [1.165, 1.54) is 0 Å². The zero-order chi connectivity index (χ0) is 19.2. The van der Waals surface area contributed by atoms with Gasteiger partial charge in [0.25, 0.3) is 5.56 Å². The lowest BCUT2D eigenvalue weighted by molar-refractivity contribution is -0.189. The molecule has 3 aliphatic rings. The number of carbonyl (C=O) groups excluding carboxylic acids is 2. The molecule has 0 N–H and O–H groups in total. The fourth-order valence-corrected chi connectivity index (χ4v) is 4.18. The van der Waals surface area contributed by atoms with Crippen molar-refractivity contribution in [2.45, 2.75) is 64.1 Å². The lowest BCUT2D eigenvalue weighted by atomic mass is 9.85. The van der Waals surface area contributed by atoms with Crippen LogP contribution in [-0.4, -0.2) is 29.7 Å². The molecule has 0 saturated carbocycles. The SMILES string of the molecule is CCCC(=O)OC1(CC)C(=O)OCc2c1cc1n(c2=O)CCC12OCCO2. The van der Waals surface area contributed by atoms with Crippen LogP contribution in [0.3, 0.4) is 0 Å². The number of hydrogen-bond acceptors (Lipinski definition) is 7. The van der Waals surface area contributed by atoms with Gasteiger partial charge in [-0.25, -0.2) is 4.79 Å². The lowest BCUT2D eigenvalue weighted by Crippen LogP contribution is -2.48. The summed E-state index contributed by atoms with van der Waals surface area (Å²) >= 11 is 0. The zero-order valence-corrected chi connectivity index (χ0v) is 15.5. The lowest BCUT2D eigenvalue weighted by Gasteiger charge is -2.36. The van der Waals surface area contributed by atoms with Gasteiger partial charge in [0, 0.05) is 24.9 Å². The van der Waals surface area contributed by atoms with Gasteiger partial charge in [-0.3, -0.25) is 9.59 Å². The highest BCUT2D eigenvalue weighted by Gasteiger charge is 2.53. The maximum absolute atomic E-state index is 13.1. The van der Waals surface area contributed by atoms with Gasteiger partial charge in [-0.15, -0.1) is 0 Å². The Balaban J connectivity index is 1.89. The van der Waals surface area contributed by atoms with E-state index in [0.29, 0.717) is 49.4 Å². The first kappa shape index (κ1) is 18.2. The summed E-state index contributed by atoms with van der Waals surface area (Å²) in [6.07, 6.45) is 1.48. The van der Waals surface area contributed by atoms with Crippen molar-refractivity contribution in [2.75, 3.05) is 13.2 Å². The Morgan fingerprint density at radius 3 is 2.67 bits per heavy atom. The molecule has 8 heteroatoms. The van der Waals surface area contributed by atoms with E-state index in [2.05, 4.69) is 0 Å². The highest BCUT2D eigenvalue weighted by atomic mass is 16.7. The average molecular weight is 377 g/mol. The van der Waals surface area contributed by atoms with E-state index in [4.69, 9.17) is 18.9 Å². The summed E-state index contributed by atoms with van der Waals surface area (Å²) < 4.78 is 24.1. The maximum Gasteiger partial charge on any atom is 0.355 e. The van der Waals surface area contributed by atoms with Gasteiger partial charge in [0.05, 0.1) is 24.5 Å². The van der Waals surface area contributed by atoms with Crippen LogP contribution < -0.4 is 5.56 Å². The molecule has 1 aromatic rings. The second-order valence-corrected chi connectivity index (χ2v) is 7.06. The zero-order valence-electron chi connectivity index (χ0n) is 15.5. The summed E-state index contributed by atoms with van der Waals surface area (Å²) in [6.45, 7) is 4.80. The van der Waals surface area contributed by atoms with Crippen LogP contribution in [0.2, 0.25) is 0 Å². The number of nitrogens with zero attached hydrogens (tertiary/aromatic N) is 1. The van der Waals surface area contributed by atoms with Crippen LogP contribution in [0.4, 0.5) is 0 Å². The molecule has 1 unspecified atom stereocenters. The second kappa shape index (κ2) is 6.45. The highest BCUT2D eigenvalue weighted by molar-refractivity contribution is 5.86. The molecule has 4 rings (SSSR count). The van der Waals surface area contributed by atoms with Crippen molar-refractivity contribution in [1.29, 1.82) is 0 Å². The molecule has 1 aromatic heterocycles. The minimum Gasteiger partial charge on any atom is -0.457 e. The number of carbonyl (C=O) groups is 2. The van der Waals surface area contributed by atoms with E-state index in [1.54, 1.807) is 17.6 Å². The summed E-state index contributed by atoms with van der Waals surface area (Å²) in [6, 6.07) is 1.73. The van der Waals surface area contributed by atoms with Crippen molar-refractivity contribution in [2.24, 2.45) is 0 Å². The first-order valence-electron chi connectivity index (χ1n) is 9.42. The summed E-state index contributed by atoms with van der Waals surface area (Å²) in [7, 11) is 0. The van der Waals surface area contributed by atoms with Crippen LogP contribution >= 0.6 is 0 Å². The molecular formula is C19H23NO7. The van der Waals surface area contributed by atoms with Gasteiger partial charge in [-0.1, -0.05) is 13.8 Å². The summed E-state index contributed by atoms with van der Waals surface area (Å²) in [5.41, 5.74) is -0.559. The van der Waals surface area contributed by atoms with Crippen LogP contribution in [0.1, 0.15) is 56.4 Å². The quantitative estimate of drug-likeness (QED) is 0.733. The van der Waals surface area contributed by atoms with Gasteiger partial charge in [0.15, 0.2) is 0 Å². The topological polar surface area (TPSA) is 93.1 Å². The minimum atomic E-state index is -1.61. The molecule has 1 fully saturated rings. The molecule has 8 nitrogen and oxygen atoms in total. The Labute approximate surface area is 156 Å². The van der Waals surface area contributed by atoms with Crippen LogP contribution in [0.25, 0.3) is 0 Å². The number of fused-ring (bicyclic) bond motifs is 3. The molecular weight excluding hydrogens is 354 g/mol. The first-order chi connectivity index (χ1) is 13.0. The number of ether oxygens (including phenoxy) is 4. The molecule has 0 aromatic carbocycles. The third kappa shape index (κ3) is 2.54. The van der Waals surface area contributed by atoms with Gasteiger partial charge in [-0.05, 0) is 18.9 Å². The number of cyclic esters (lactones) is 1. The van der Waals surface area contributed by atoms with E-state index in [-0.39, 0.29) is 25.0 Å². The van der Waals surface area contributed by atoms with Crippen molar-refractivity contribution < 1.29 is 28.5 Å². The number of hydrogen-bond donors (Lipinski definition) is 0. The highest BCUT2D eigenvalue weighted by Crippen LogP contribution is 2.44. The van der Waals surface area contributed by atoms with E-state index < -0.39 is 23.3 Å². The molecule has 27 heavy (non-hydrogen) atoms. The third-order valence-electron chi connectivity index (χ3n) is 5.56.